The lowest BCUT2D eigenvalue weighted by Crippen LogP contribution is -2.34. The van der Waals surface area contributed by atoms with Crippen LogP contribution in [0.3, 0.4) is 0 Å². The van der Waals surface area contributed by atoms with Gasteiger partial charge in [0.15, 0.2) is 17.4 Å². The molecule has 14 heavy (non-hydrogen) atoms. The highest BCUT2D eigenvalue weighted by Gasteiger charge is 2.25. The molecule has 1 aliphatic rings. The molecule has 0 spiro atoms. The second kappa shape index (κ2) is 5.44. The van der Waals surface area contributed by atoms with Gasteiger partial charge in [-0.3, -0.25) is 0 Å². The van der Waals surface area contributed by atoms with Gasteiger partial charge in [-0.05, 0) is 38.7 Å². The molecule has 1 aliphatic heterocycles. The van der Waals surface area contributed by atoms with E-state index in [1.54, 1.807) is 0 Å². The Morgan fingerprint density at radius 3 is 2.50 bits per heavy atom. The van der Waals surface area contributed by atoms with Gasteiger partial charge in [-0.25, -0.2) is 0 Å². The van der Waals surface area contributed by atoms with Crippen molar-refractivity contribution in [1.29, 1.82) is 0 Å². The van der Waals surface area contributed by atoms with Gasteiger partial charge in [0.1, 0.15) is 0 Å². The fraction of sp³-hybridized carbons (Fsp3) is 1.00. The van der Waals surface area contributed by atoms with Crippen LogP contribution in [-0.4, -0.2) is 30.1 Å². The molecule has 0 N–H and O–H groups in total. The minimum Gasteiger partial charge on any atom is -0.458 e. The van der Waals surface area contributed by atoms with Crippen molar-refractivity contribution in [3.8, 4) is 0 Å². The van der Waals surface area contributed by atoms with E-state index < -0.39 is 17.4 Å². The van der Waals surface area contributed by atoms with E-state index >= 15 is 0 Å². The van der Waals surface area contributed by atoms with Crippen LogP contribution in [0.5, 0.6) is 0 Å². The minimum atomic E-state index is -1.30. The Bertz CT molecular complexity index is 168. The molecule has 1 unspecified atom stereocenters. The first-order valence-corrected chi connectivity index (χ1v) is 11.7. The van der Waals surface area contributed by atoms with Crippen molar-refractivity contribution < 1.29 is 8.85 Å². The Hall–Kier alpha value is 0.354. The van der Waals surface area contributed by atoms with E-state index in [4.69, 9.17) is 8.85 Å². The van der Waals surface area contributed by atoms with Crippen LogP contribution in [0.4, 0.5) is 0 Å². The van der Waals surface area contributed by atoms with Crippen molar-refractivity contribution in [2.45, 2.75) is 57.6 Å². The third-order valence-corrected chi connectivity index (χ3v) is 8.51. The molecule has 1 saturated heterocycles. The zero-order chi connectivity index (χ0) is 10.6. The van der Waals surface area contributed by atoms with E-state index in [0.717, 1.165) is 6.61 Å². The molecule has 84 valence electrons. The summed E-state index contributed by atoms with van der Waals surface area (Å²) >= 11 is 0. The maximum absolute atomic E-state index is 6.11. The summed E-state index contributed by atoms with van der Waals surface area (Å²) in [6.45, 7) is 10.3. The summed E-state index contributed by atoms with van der Waals surface area (Å²) < 4.78 is 11.3. The van der Waals surface area contributed by atoms with Gasteiger partial charge in [-0.15, -0.1) is 0 Å². The summed E-state index contributed by atoms with van der Waals surface area (Å²) in [5, 5.41) is 0. The highest BCUT2D eigenvalue weighted by atomic mass is 28.4. The minimum absolute atomic E-state index is 0.611. The molecular weight excluding hydrogens is 208 g/mol. The molecule has 0 aromatic heterocycles. The smallest absolute Gasteiger partial charge is 0.173 e. The lowest BCUT2D eigenvalue weighted by molar-refractivity contribution is 0.390. The first kappa shape index (κ1) is 12.4. The van der Waals surface area contributed by atoms with Crippen molar-refractivity contribution in [2.24, 2.45) is 0 Å². The largest absolute Gasteiger partial charge is 0.458 e. The van der Waals surface area contributed by atoms with Crippen LogP contribution >= 0.6 is 0 Å². The average Bonchev–Trinajstić information content (AvgIpc) is 2.78. The van der Waals surface area contributed by atoms with E-state index in [2.05, 4.69) is 26.2 Å². The number of unbranched alkanes of at least 4 members (excludes halogenated alkanes) is 1. The van der Waals surface area contributed by atoms with E-state index in [1.807, 2.05) is 0 Å². The van der Waals surface area contributed by atoms with Crippen LogP contribution in [0.1, 0.15) is 19.3 Å². The number of hydrogen-bond donors (Lipinski definition) is 0. The van der Waals surface area contributed by atoms with Gasteiger partial charge >= 0.3 is 0 Å². The highest BCUT2D eigenvalue weighted by Crippen LogP contribution is 2.21. The van der Waals surface area contributed by atoms with Gasteiger partial charge in [0, 0.05) is 0 Å². The summed E-state index contributed by atoms with van der Waals surface area (Å²) in [7, 11) is -2.11. The van der Waals surface area contributed by atoms with Gasteiger partial charge in [0.25, 0.3) is 0 Å². The first-order valence-electron chi connectivity index (χ1n) is 5.79. The first-order chi connectivity index (χ1) is 6.49. The number of ether oxygens (including phenoxy) is 1. The Balaban J connectivity index is 2.01. The summed E-state index contributed by atoms with van der Waals surface area (Å²) in [5.74, 6) is 0. The van der Waals surface area contributed by atoms with Crippen molar-refractivity contribution in [1.82, 2.24) is 0 Å². The van der Waals surface area contributed by atoms with Crippen molar-refractivity contribution in [3.63, 3.8) is 0 Å². The Morgan fingerprint density at radius 2 is 2.00 bits per heavy atom. The second-order valence-electron chi connectivity index (χ2n) is 5.13. The quantitative estimate of drug-likeness (QED) is 0.382. The normalized spacial score (nSPS) is 21.6. The standard InChI is InChI=1S/C10H24O2Si2/c1-13(2)12-14(3,4)8-6-5-7-10-9-11-10/h10,13H,5-9H2,1-4H3. The van der Waals surface area contributed by atoms with Crippen LogP contribution < -0.4 is 0 Å². The van der Waals surface area contributed by atoms with E-state index in [1.165, 1.54) is 25.3 Å². The van der Waals surface area contributed by atoms with Gasteiger partial charge in [-0.1, -0.05) is 12.8 Å². The molecule has 0 aromatic carbocycles. The lowest BCUT2D eigenvalue weighted by atomic mass is 10.2. The number of hydrogen-bond acceptors (Lipinski definition) is 2. The molecule has 0 amide bonds. The van der Waals surface area contributed by atoms with Crippen LogP contribution in [0.2, 0.25) is 32.2 Å². The van der Waals surface area contributed by atoms with E-state index in [0.29, 0.717) is 6.10 Å². The molecule has 0 radical (unpaired) electrons. The Labute approximate surface area is 90.9 Å². The van der Waals surface area contributed by atoms with Gasteiger partial charge in [-0.2, -0.15) is 0 Å². The van der Waals surface area contributed by atoms with E-state index in [-0.39, 0.29) is 0 Å². The number of epoxide rings is 1. The van der Waals surface area contributed by atoms with Gasteiger partial charge in [0.2, 0.25) is 0 Å². The molecule has 0 aliphatic carbocycles. The van der Waals surface area contributed by atoms with Crippen LogP contribution in [0, 0.1) is 0 Å². The third kappa shape index (κ3) is 5.95. The van der Waals surface area contributed by atoms with Crippen LogP contribution in [-0.2, 0) is 8.85 Å². The molecule has 1 atom stereocenters. The van der Waals surface area contributed by atoms with Crippen molar-refractivity contribution in [3.05, 3.63) is 0 Å². The topological polar surface area (TPSA) is 21.8 Å². The SMILES string of the molecule is C[SiH](C)O[Si](C)(C)CCCCC1CO1. The van der Waals surface area contributed by atoms with Crippen molar-refractivity contribution in [2.75, 3.05) is 6.61 Å². The van der Waals surface area contributed by atoms with Gasteiger partial charge < -0.3 is 8.85 Å². The average molecular weight is 232 g/mol. The molecule has 1 fully saturated rings. The zero-order valence-electron chi connectivity index (χ0n) is 10.0. The molecule has 0 saturated carbocycles. The predicted octanol–water partition coefficient (Wildman–Crippen LogP) is 2.76. The fourth-order valence-electron chi connectivity index (χ4n) is 1.85. The van der Waals surface area contributed by atoms with Gasteiger partial charge in [0.05, 0.1) is 12.7 Å². The van der Waals surface area contributed by atoms with Crippen LogP contribution in [0.15, 0.2) is 0 Å². The Morgan fingerprint density at radius 1 is 1.36 bits per heavy atom. The summed E-state index contributed by atoms with van der Waals surface area (Å²) in [4.78, 5) is 0. The molecule has 0 bridgehead atoms. The Kier molecular flexibility index (Phi) is 4.83. The molecular formula is C10H24O2Si2. The van der Waals surface area contributed by atoms with E-state index in [9.17, 15) is 0 Å². The maximum atomic E-state index is 6.11. The molecule has 4 heteroatoms. The van der Waals surface area contributed by atoms with Crippen molar-refractivity contribution >= 4 is 17.4 Å². The summed E-state index contributed by atoms with van der Waals surface area (Å²) in [6, 6.07) is 1.32. The highest BCUT2D eigenvalue weighted by molar-refractivity contribution is 6.77. The summed E-state index contributed by atoms with van der Waals surface area (Å²) in [5.41, 5.74) is 0. The van der Waals surface area contributed by atoms with Crippen LogP contribution in [0.25, 0.3) is 0 Å². The molecule has 0 aromatic rings. The molecule has 1 rings (SSSR count). The number of rotatable bonds is 7. The fourth-order valence-corrected chi connectivity index (χ4v) is 8.53. The monoisotopic (exact) mass is 232 g/mol. The maximum Gasteiger partial charge on any atom is 0.173 e. The predicted molar refractivity (Wildman–Crippen MR) is 65.8 cm³/mol. The zero-order valence-corrected chi connectivity index (χ0v) is 12.2. The third-order valence-electron chi connectivity index (χ3n) is 2.51. The molecule has 2 nitrogen and oxygen atoms in total. The summed E-state index contributed by atoms with van der Waals surface area (Å²) in [6.07, 6.45) is 4.54. The lowest BCUT2D eigenvalue weighted by Gasteiger charge is -2.25. The second-order valence-corrected chi connectivity index (χ2v) is 12.2. The molecule has 1 heterocycles.